The van der Waals surface area contributed by atoms with Crippen LogP contribution in [0.4, 0.5) is 17.1 Å². The Bertz CT molecular complexity index is 835. The number of nitrogens with one attached hydrogen (secondary N) is 1. The average Bonchev–Trinajstić information content (AvgIpc) is 2.51. The van der Waals surface area contributed by atoms with Gasteiger partial charge in [0.15, 0.2) is 0 Å². The number of nitrogen functional groups attached to an aromatic ring is 1. The molecule has 2 aromatic carbocycles. The van der Waals surface area contributed by atoms with E-state index >= 15 is 0 Å². The molecule has 0 saturated heterocycles. The van der Waals surface area contributed by atoms with Crippen molar-refractivity contribution in [3.63, 3.8) is 0 Å². The van der Waals surface area contributed by atoms with Crippen molar-refractivity contribution in [1.82, 2.24) is 0 Å². The van der Waals surface area contributed by atoms with Gasteiger partial charge in [0, 0.05) is 11.4 Å². The van der Waals surface area contributed by atoms with Crippen molar-refractivity contribution in [3.8, 4) is 5.75 Å². The highest BCUT2D eigenvalue weighted by molar-refractivity contribution is 5.96. The number of carbonyl (C=O) groups is 1. The highest BCUT2D eigenvalue weighted by Crippen LogP contribution is 2.38. The summed E-state index contributed by atoms with van der Waals surface area (Å²) in [6.45, 7) is 11.0. The first kappa shape index (κ1) is 18.1. The normalized spacial score (nSPS) is 15.2. The van der Waals surface area contributed by atoms with Crippen molar-refractivity contribution in [1.29, 1.82) is 0 Å². The highest BCUT2D eigenvalue weighted by Gasteiger charge is 2.32. The van der Waals surface area contributed by atoms with Gasteiger partial charge in [-0.15, -0.1) is 0 Å². The molecule has 0 atom stereocenters. The molecule has 0 saturated carbocycles. The number of fused-ring (bicyclic) bond motifs is 1. The molecule has 26 heavy (non-hydrogen) atoms. The molecule has 2 aromatic rings. The number of rotatable bonds is 3. The van der Waals surface area contributed by atoms with Crippen LogP contribution >= 0.6 is 0 Å². The van der Waals surface area contributed by atoms with Crippen molar-refractivity contribution in [2.24, 2.45) is 0 Å². The van der Waals surface area contributed by atoms with Crippen LogP contribution in [0.2, 0.25) is 0 Å². The van der Waals surface area contributed by atoms with Crippen LogP contribution in [0.25, 0.3) is 0 Å². The molecule has 0 bridgehead atoms. The van der Waals surface area contributed by atoms with Gasteiger partial charge in [0.25, 0.3) is 0 Å². The Hall–Kier alpha value is -2.69. The molecule has 5 nitrogen and oxygen atoms in total. The number of anilines is 3. The molecule has 1 heterocycles. The predicted molar refractivity (Wildman–Crippen MR) is 107 cm³/mol. The van der Waals surface area contributed by atoms with E-state index in [0.29, 0.717) is 12.2 Å². The fourth-order valence-electron chi connectivity index (χ4n) is 3.61. The van der Waals surface area contributed by atoms with Gasteiger partial charge in [-0.25, -0.2) is 0 Å². The topological polar surface area (TPSA) is 67.6 Å². The van der Waals surface area contributed by atoms with Gasteiger partial charge >= 0.3 is 0 Å². The third kappa shape index (κ3) is 3.77. The van der Waals surface area contributed by atoms with Gasteiger partial charge in [-0.05, 0) is 63.9 Å². The Labute approximate surface area is 155 Å². The van der Waals surface area contributed by atoms with Crippen LogP contribution in [0.1, 0.15) is 30.5 Å². The second-order valence-electron chi connectivity index (χ2n) is 7.77. The van der Waals surface area contributed by atoms with Crippen LogP contribution < -0.4 is 20.7 Å². The molecule has 0 fully saturated rings. The van der Waals surface area contributed by atoms with Crippen LogP contribution in [0.15, 0.2) is 30.3 Å². The number of hydrogen-bond donors (Lipinski definition) is 2. The lowest BCUT2D eigenvalue weighted by Gasteiger charge is -2.40. The Morgan fingerprint density at radius 3 is 2.50 bits per heavy atom. The van der Waals surface area contributed by atoms with E-state index in [4.69, 9.17) is 10.5 Å². The fourth-order valence-corrected chi connectivity index (χ4v) is 3.61. The fraction of sp³-hybridized carbons (Fsp3) is 0.381. The lowest BCUT2D eigenvalue weighted by Crippen LogP contribution is -2.49. The number of nitrogens with two attached hydrogens (primary N) is 1. The van der Waals surface area contributed by atoms with Crippen molar-refractivity contribution in [2.45, 2.75) is 40.2 Å². The third-order valence-electron chi connectivity index (χ3n) is 4.56. The number of hydrogen-bond acceptors (Lipinski definition) is 4. The number of benzene rings is 2. The second kappa shape index (κ2) is 6.56. The molecule has 0 unspecified atom stereocenters. The molecule has 3 N–H and O–H groups in total. The van der Waals surface area contributed by atoms with Crippen LogP contribution in [-0.2, 0) is 4.79 Å². The first-order valence-corrected chi connectivity index (χ1v) is 8.86. The van der Waals surface area contributed by atoms with Crippen molar-refractivity contribution >= 4 is 23.0 Å². The molecule has 0 aromatic heterocycles. The summed E-state index contributed by atoms with van der Waals surface area (Å²) < 4.78 is 6.03. The third-order valence-corrected chi connectivity index (χ3v) is 4.56. The summed E-state index contributed by atoms with van der Waals surface area (Å²) >= 11 is 0. The van der Waals surface area contributed by atoms with E-state index in [2.05, 4.69) is 24.4 Å². The van der Waals surface area contributed by atoms with Gasteiger partial charge in [0.1, 0.15) is 11.4 Å². The van der Waals surface area contributed by atoms with Gasteiger partial charge in [0.2, 0.25) is 5.91 Å². The minimum absolute atomic E-state index is 0.0499. The van der Waals surface area contributed by atoms with E-state index in [-0.39, 0.29) is 18.1 Å². The molecule has 0 spiro atoms. The quantitative estimate of drug-likeness (QED) is 0.824. The van der Waals surface area contributed by atoms with E-state index in [1.165, 1.54) is 5.56 Å². The van der Waals surface area contributed by atoms with Crippen LogP contribution in [0.5, 0.6) is 5.75 Å². The zero-order chi connectivity index (χ0) is 19.1. The Morgan fingerprint density at radius 1 is 1.19 bits per heavy atom. The van der Waals surface area contributed by atoms with Gasteiger partial charge in [-0.1, -0.05) is 17.7 Å². The zero-order valence-corrected chi connectivity index (χ0v) is 16.1. The second-order valence-corrected chi connectivity index (χ2v) is 7.77. The Balaban J connectivity index is 1.83. The molecular formula is C21H27N3O2. The monoisotopic (exact) mass is 353 g/mol. The minimum Gasteiger partial charge on any atom is -0.484 e. The van der Waals surface area contributed by atoms with E-state index in [9.17, 15) is 4.79 Å². The van der Waals surface area contributed by atoms with Crippen LogP contribution in [0.3, 0.4) is 0 Å². The number of aryl methyl sites for hydroxylation is 3. The van der Waals surface area contributed by atoms with Crippen molar-refractivity contribution < 1.29 is 9.53 Å². The summed E-state index contributed by atoms with van der Waals surface area (Å²) in [5.41, 5.74) is 11.3. The summed E-state index contributed by atoms with van der Waals surface area (Å²) in [7, 11) is 0. The molecule has 1 aliphatic rings. The van der Waals surface area contributed by atoms with Gasteiger partial charge in [-0.3, -0.25) is 4.79 Å². The first-order chi connectivity index (χ1) is 12.1. The maximum absolute atomic E-state index is 12.8. The number of nitrogens with zero attached hydrogens (tertiary/aromatic N) is 1. The zero-order valence-electron chi connectivity index (χ0n) is 16.1. The SMILES string of the molecule is Cc1cc(C)c(NC(=O)CN2CC(C)(C)Oc3ccc(N)cc32)c(C)c1. The van der Waals surface area contributed by atoms with Crippen molar-refractivity contribution in [2.75, 3.05) is 29.0 Å². The first-order valence-electron chi connectivity index (χ1n) is 8.86. The molecule has 1 aliphatic heterocycles. The molecule has 138 valence electrons. The molecule has 5 heteroatoms. The largest absolute Gasteiger partial charge is 0.484 e. The lowest BCUT2D eigenvalue weighted by molar-refractivity contribution is -0.115. The number of amides is 1. The van der Waals surface area contributed by atoms with Crippen LogP contribution in [-0.4, -0.2) is 24.6 Å². The minimum atomic E-state index is -0.376. The summed E-state index contributed by atoms with van der Waals surface area (Å²) in [4.78, 5) is 14.8. The summed E-state index contributed by atoms with van der Waals surface area (Å²) in [6.07, 6.45) is 0. The van der Waals surface area contributed by atoms with E-state index in [1.807, 2.05) is 50.8 Å². The average molecular weight is 353 g/mol. The molecular weight excluding hydrogens is 326 g/mol. The summed E-state index contributed by atoms with van der Waals surface area (Å²) in [6, 6.07) is 9.70. The van der Waals surface area contributed by atoms with Crippen LogP contribution in [0, 0.1) is 20.8 Å². The van der Waals surface area contributed by atoms with E-state index in [0.717, 1.165) is 28.3 Å². The summed E-state index contributed by atoms with van der Waals surface area (Å²) in [5, 5.41) is 3.07. The highest BCUT2D eigenvalue weighted by atomic mass is 16.5. The maximum Gasteiger partial charge on any atom is 0.243 e. The summed E-state index contributed by atoms with van der Waals surface area (Å²) in [5.74, 6) is 0.706. The molecule has 1 amide bonds. The van der Waals surface area contributed by atoms with Gasteiger partial charge in [-0.2, -0.15) is 0 Å². The Morgan fingerprint density at radius 2 is 1.85 bits per heavy atom. The Kier molecular flexibility index (Phi) is 4.57. The van der Waals surface area contributed by atoms with Crippen molar-refractivity contribution in [3.05, 3.63) is 47.0 Å². The van der Waals surface area contributed by atoms with Gasteiger partial charge < -0.3 is 20.7 Å². The molecule has 0 radical (unpaired) electrons. The van der Waals surface area contributed by atoms with E-state index in [1.54, 1.807) is 0 Å². The smallest absolute Gasteiger partial charge is 0.243 e. The number of carbonyl (C=O) groups excluding carboxylic acids is 1. The van der Waals surface area contributed by atoms with E-state index < -0.39 is 0 Å². The maximum atomic E-state index is 12.8. The number of ether oxygens (including phenoxy) is 1. The molecule has 3 rings (SSSR count). The molecule has 0 aliphatic carbocycles. The lowest BCUT2D eigenvalue weighted by atomic mass is 10.0. The standard InChI is InChI=1S/C21H27N3O2/c1-13-8-14(2)20(15(3)9-13)23-19(25)11-24-12-21(4,5)26-18-7-6-16(22)10-17(18)24/h6-10H,11-12,22H2,1-5H3,(H,23,25). The van der Waals surface area contributed by atoms with Gasteiger partial charge in [0.05, 0.1) is 18.8 Å². The predicted octanol–water partition coefficient (Wildman–Crippen LogP) is 3.81.